The van der Waals surface area contributed by atoms with Gasteiger partial charge in [0, 0.05) is 32.5 Å². The number of rotatable bonds is 3. The maximum atomic E-state index is 11.4. The van der Waals surface area contributed by atoms with Gasteiger partial charge in [-0.05, 0) is 6.42 Å². The number of nitrogens with one attached hydrogen (secondary N) is 1. The third-order valence-corrected chi connectivity index (χ3v) is 2.42. The highest BCUT2D eigenvalue weighted by atomic mass is 16.5. The number of hydrogen-bond donors (Lipinski definition) is 1. The van der Waals surface area contributed by atoms with Crippen molar-refractivity contribution >= 4 is 5.91 Å². The first kappa shape index (κ1) is 11.0. The van der Waals surface area contributed by atoms with Crippen LogP contribution in [-0.2, 0) is 9.53 Å². The molecular weight excluding hydrogens is 180 g/mol. The van der Waals surface area contributed by atoms with Gasteiger partial charge in [-0.3, -0.25) is 4.79 Å². The zero-order valence-corrected chi connectivity index (χ0v) is 8.51. The van der Waals surface area contributed by atoms with E-state index in [2.05, 4.69) is 11.4 Å². The standard InChI is InChI=1S/C10H16N2O2/c1-2-3-9(13)12-10(8-11)4-6-14-7-5-10/h2-7H2,1H3,(H,12,13). The lowest BCUT2D eigenvalue weighted by Crippen LogP contribution is -2.50. The van der Waals surface area contributed by atoms with Gasteiger partial charge in [0.15, 0.2) is 0 Å². The smallest absolute Gasteiger partial charge is 0.221 e. The normalized spacial score (nSPS) is 19.7. The van der Waals surface area contributed by atoms with E-state index < -0.39 is 5.54 Å². The fraction of sp³-hybridized carbons (Fsp3) is 0.800. The Hall–Kier alpha value is -1.08. The van der Waals surface area contributed by atoms with Crippen molar-refractivity contribution in [2.24, 2.45) is 0 Å². The van der Waals surface area contributed by atoms with E-state index in [1.807, 2.05) is 6.92 Å². The predicted octanol–water partition coefficient (Wildman–Crippen LogP) is 0.975. The molecule has 14 heavy (non-hydrogen) atoms. The lowest BCUT2D eigenvalue weighted by molar-refractivity contribution is -0.123. The Morgan fingerprint density at radius 3 is 2.71 bits per heavy atom. The van der Waals surface area contributed by atoms with Gasteiger partial charge in [-0.2, -0.15) is 5.26 Å². The average Bonchev–Trinajstić information content (AvgIpc) is 2.19. The number of hydrogen-bond acceptors (Lipinski definition) is 3. The summed E-state index contributed by atoms with van der Waals surface area (Å²) >= 11 is 0. The zero-order chi connectivity index (χ0) is 10.4. The van der Waals surface area contributed by atoms with Crippen molar-refractivity contribution < 1.29 is 9.53 Å². The van der Waals surface area contributed by atoms with Gasteiger partial charge in [0.05, 0.1) is 6.07 Å². The predicted molar refractivity (Wildman–Crippen MR) is 51.4 cm³/mol. The van der Waals surface area contributed by atoms with Crippen molar-refractivity contribution in [2.75, 3.05) is 13.2 Å². The molecular formula is C10H16N2O2. The molecule has 4 nitrogen and oxygen atoms in total. The van der Waals surface area contributed by atoms with Gasteiger partial charge in [-0.15, -0.1) is 0 Å². The number of ether oxygens (including phenoxy) is 1. The molecule has 0 radical (unpaired) electrons. The quantitative estimate of drug-likeness (QED) is 0.731. The Kier molecular flexibility index (Phi) is 3.90. The molecule has 4 heteroatoms. The van der Waals surface area contributed by atoms with Crippen molar-refractivity contribution in [1.29, 1.82) is 5.26 Å². The highest BCUT2D eigenvalue weighted by Gasteiger charge is 2.33. The third-order valence-electron chi connectivity index (χ3n) is 2.42. The molecule has 1 heterocycles. The number of amides is 1. The van der Waals surface area contributed by atoms with E-state index in [4.69, 9.17) is 10.00 Å². The molecule has 0 spiro atoms. The molecule has 0 unspecified atom stereocenters. The second-order valence-corrected chi connectivity index (χ2v) is 3.60. The lowest BCUT2D eigenvalue weighted by Gasteiger charge is -2.31. The van der Waals surface area contributed by atoms with Crippen LogP contribution in [-0.4, -0.2) is 24.7 Å². The minimum Gasteiger partial charge on any atom is -0.381 e. The summed E-state index contributed by atoms with van der Waals surface area (Å²) in [6.45, 7) is 3.06. The van der Waals surface area contributed by atoms with E-state index >= 15 is 0 Å². The van der Waals surface area contributed by atoms with Gasteiger partial charge in [-0.25, -0.2) is 0 Å². The number of carbonyl (C=O) groups is 1. The fourth-order valence-corrected chi connectivity index (χ4v) is 1.54. The highest BCUT2D eigenvalue weighted by molar-refractivity contribution is 5.77. The van der Waals surface area contributed by atoms with Crippen LogP contribution in [0, 0.1) is 11.3 Å². The first-order valence-corrected chi connectivity index (χ1v) is 5.02. The first-order chi connectivity index (χ1) is 6.72. The van der Waals surface area contributed by atoms with Gasteiger partial charge < -0.3 is 10.1 Å². The number of nitriles is 1. The first-order valence-electron chi connectivity index (χ1n) is 5.02. The molecule has 1 fully saturated rings. The summed E-state index contributed by atoms with van der Waals surface area (Å²) < 4.78 is 5.17. The molecule has 1 amide bonds. The summed E-state index contributed by atoms with van der Waals surface area (Å²) in [5.74, 6) is -0.0315. The van der Waals surface area contributed by atoms with Crippen LogP contribution in [0.15, 0.2) is 0 Å². The van der Waals surface area contributed by atoms with Crippen LogP contribution >= 0.6 is 0 Å². The highest BCUT2D eigenvalue weighted by Crippen LogP contribution is 2.19. The molecule has 1 aliphatic heterocycles. The Balaban J connectivity index is 2.52. The zero-order valence-electron chi connectivity index (χ0n) is 8.51. The van der Waals surface area contributed by atoms with Gasteiger partial charge in [-0.1, -0.05) is 6.92 Å². The van der Waals surface area contributed by atoms with Crippen molar-refractivity contribution in [3.05, 3.63) is 0 Å². The summed E-state index contributed by atoms with van der Waals surface area (Å²) in [5.41, 5.74) is -0.676. The van der Waals surface area contributed by atoms with Crippen LogP contribution in [0.5, 0.6) is 0 Å². The van der Waals surface area contributed by atoms with Gasteiger partial charge >= 0.3 is 0 Å². The lowest BCUT2D eigenvalue weighted by atomic mass is 9.91. The molecule has 1 saturated heterocycles. The van der Waals surface area contributed by atoms with E-state index in [0.717, 1.165) is 6.42 Å². The minimum atomic E-state index is -0.676. The number of nitrogens with zero attached hydrogens (tertiary/aromatic N) is 1. The molecule has 0 aromatic heterocycles. The van der Waals surface area contributed by atoms with E-state index in [0.29, 0.717) is 32.5 Å². The van der Waals surface area contributed by atoms with Crippen molar-refractivity contribution in [2.45, 2.75) is 38.1 Å². The summed E-state index contributed by atoms with van der Waals surface area (Å²) in [7, 11) is 0. The fourth-order valence-electron chi connectivity index (χ4n) is 1.54. The van der Waals surface area contributed by atoms with E-state index in [1.54, 1.807) is 0 Å². The molecule has 0 saturated carbocycles. The molecule has 78 valence electrons. The van der Waals surface area contributed by atoms with Crippen molar-refractivity contribution in [1.82, 2.24) is 5.32 Å². The molecule has 0 aromatic carbocycles. The Morgan fingerprint density at radius 1 is 1.57 bits per heavy atom. The molecule has 0 bridgehead atoms. The molecule has 0 aromatic rings. The molecule has 0 aliphatic carbocycles. The van der Waals surface area contributed by atoms with Gasteiger partial charge in [0.2, 0.25) is 5.91 Å². The molecule has 1 aliphatic rings. The second kappa shape index (κ2) is 4.97. The van der Waals surface area contributed by atoms with Crippen LogP contribution in [0.3, 0.4) is 0 Å². The van der Waals surface area contributed by atoms with Crippen LogP contribution < -0.4 is 5.32 Å². The largest absolute Gasteiger partial charge is 0.381 e. The van der Waals surface area contributed by atoms with Crippen LogP contribution in [0.25, 0.3) is 0 Å². The molecule has 1 rings (SSSR count). The second-order valence-electron chi connectivity index (χ2n) is 3.60. The number of carbonyl (C=O) groups excluding carboxylic acids is 1. The average molecular weight is 196 g/mol. The Morgan fingerprint density at radius 2 is 2.21 bits per heavy atom. The maximum Gasteiger partial charge on any atom is 0.221 e. The molecule has 1 N–H and O–H groups in total. The van der Waals surface area contributed by atoms with Crippen molar-refractivity contribution in [3.63, 3.8) is 0 Å². The Labute approximate surface area is 84.2 Å². The third kappa shape index (κ3) is 2.71. The van der Waals surface area contributed by atoms with Gasteiger partial charge in [0.1, 0.15) is 5.54 Å². The molecule has 0 atom stereocenters. The van der Waals surface area contributed by atoms with Crippen LogP contribution in [0.1, 0.15) is 32.6 Å². The minimum absolute atomic E-state index is 0.0315. The van der Waals surface area contributed by atoms with Gasteiger partial charge in [0.25, 0.3) is 0 Å². The Bertz CT molecular complexity index is 239. The maximum absolute atomic E-state index is 11.4. The summed E-state index contributed by atoms with van der Waals surface area (Å²) in [5, 5.41) is 11.8. The van der Waals surface area contributed by atoms with Crippen LogP contribution in [0.2, 0.25) is 0 Å². The van der Waals surface area contributed by atoms with E-state index in [-0.39, 0.29) is 5.91 Å². The summed E-state index contributed by atoms with van der Waals surface area (Å²) in [6, 6.07) is 2.19. The van der Waals surface area contributed by atoms with E-state index in [9.17, 15) is 4.79 Å². The summed E-state index contributed by atoms with van der Waals surface area (Å²) in [6.07, 6.45) is 2.49. The summed E-state index contributed by atoms with van der Waals surface area (Å²) in [4.78, 5) is 11.4. The van der Waals surface area contributed by atoms with Crippen LogP contribution in [0.4, 0.5) is 0 Å². The van der Waals surface area contributed by atoms with E-state index in [1.165, 1.54) is 0 Å². The monoisotopic (exact) mass is 196 g/mol. The SMILES string of the molecule is CCCC(=O)NC1(C#N)CCOCC1. The topological polar surface area (TPSA) is 62.1 Å². The van der Waals surface area contributed by atoms with Crippen molar-refractivity contribution in [3.8, 4) is 6.07 Å².